The van der Waals surface area contributed by atoms with E-state index >= 15 is 0 Å². The van der Waals surface area contributed by atoms with Gasteiger partial charge in [-0.25, -0.2) is 9.78 Å². The first-order valence-electron chi connectivity index (χ1n) is 5.12. The SMILES string of the molecule is Cc1ccnc(NC(=O)c2cc(C(=O)O)co2)c1. The Morgan fingerprint density at radius 3 is 2.78 bits per heavy atom. The van der Waals surface area contributed by atoms with Crippen LogP contribution in [0.15, 0.2) is 35.1 Å². The van der Waals surface area contributed by atoms with Gasteiger partial charge >= 0.3 is 5.97 Å². The second-order valence-corrected chi connectivity index (χ2v) is 3.68. The number of pyridine rings is 1. The number of carbonyl (C=O) groups is 2. The highest BCUT2D eigenvalue weighted by Crippen LogP contribution is 2.11. The lowest BCUT2D eigenvalue weighted by atomic mass is 10.3. The molecule has 0 aromatic carbocycles. The quantitative estimate of drug-likeness (QED) is 0.863. The van der Waals surface area contributed by atoms with Crippen molar-refractivity contribution in [3.8, 4) is 0 Å². The number of hydrogen-bond acceptors (Lipinski definition) is 4. The fourth-order valence-corrected chi connectivity index (χ4v) is 1.35. The van der Waals surface area contributed by atoms with E-state index in [0.29, 0.717) is 5.82 Å². The van der Waals surface area contributed by atoms with E-state index < -0.39 is 11.9 Å². The second kappa shape index (κ2) is 4.70. The molecular weight excluding hydrogens is 236 g/mol. The number of nitrogens with one attached hydrogen (secondary N) is 1. The minimum absolute atomic E-state index is 0.0719. The van der Waals surface area contributed by atoms with Crippen molar-refractivity contribution < 1.29 is 19.1 Å². The summed E-state index contributed by atoms with van der Waals surface area (Å²) >= 11 is 0. The molecule has 1 amide bonds. The van der Waals surface area contributed by atoms with Crippen LogP contribution in [-0.2, 0) is 0 Å². The van der Waals surface area contributed by atoms with Gasteiger partial charge in [-0.1, -0.05) is 0 Å². The van der Waals surface area contributed by atoms with Gasteiger partial charge in [0, 0.05) is 12.3 Å². The molecule has 0 aliphatic heterocycles. The van der Waals surface area contributed by atoms with Gasteiger partial charge in [-0.2, -0.15) is 0 Å². The molecule has 0 unspecified atom stereocenters. The van der Waals surface area contributed by atoms with Crippen molar-refractivity contribution in [3.05, 3.63) is 47.5 Å². The van der Waals surface area contributed by atoms with Gasteiger partial charge in [-0.15, -0.1) is 0 Å². The Labute approximate surface area is 102 Å². The van der Waals surface area contributed by atoms with Gasteiger partial charge in [0.2, 0.25) is 0 Å². The molecule has 0 saturated carbocycles. The number of nitrogens with zero attached hydrogens (tertiary/aromatic N) is 1. The molecule has 0 saturated heterocycles. The Bertz CT molecular complexity index is 604. The van der Waals surface area contributed by atoms with Crippen molar-refractivity contribution in [2.24, 2.45) is 0 Å². The zero-order valence-corrected chi connectivity index (χ0v) is 9.51. The Balaban J connectivity index is 2.14. The summed E-state index contributed by atoms with van der Waals surface area (Å²) in [5, 5.41) is 11.2. The number of aromatic nitrogens is 1. The Kier molecular flexibility index (Phi) is 3.09. The van der Waals surface area contributed by atoms with Crippen LogP contribution < -0.4 is 5.32 Å². The van der Waals surface area contributed by atoms with Gasteiger partial charge in [0.15, 0.2) is 5.76 Å². The number of anilines is 1. The van der Waals surface area contributed by atoms with Gasteiger partial charge in [0.25, 0.3) is 5.91 Å². The van der Waals surface area contributed by atoms with E-state index in [0.717, 1.165) is 17.9 Å². The minimum Gasteiger partial charge on any atom is -0.478 e. The number of aryl methyl sites for hydroxylation is 1. The van der Waals surface area contributed by atoms with E-state index in [1.807, 2.05) is 6.92 Å². The molecule has 0 aliphatic rings. The van der Waals surface area contributed by atoms with Crippen LogP contribution in [0.5, 0.6) is 0 Å². The van der Waals surface area contributed by atoms with Crippen LogP contribution in [0.3, 0.4) is 0 Å². The summed E-state index contributed by atoms with van der Waals surface area (Å²) in [7, 11) is 0. The first kappa shape index (κ1) is 11.8. The molecule has 2 aromatic rings. The van der Waals surface area contributed by atoms with Crippen LogP contribution in [0.4, 0.5) is 5.82 Å². The fourth-order valence-electron chi connectivity index (χ4n) is 1.35. The predicted molar refractivity (Wildman–Crippen MR) is 62.6 cm³/mol. The molecule has 2 rings (SSSR count). The molecule has 2 heterocycles. The summed E-state index contributed by atoms with van der Waals surface area (Å²) in [5.41, 5.74) is 0.878. The third-order valence-corrected chi connectivity index (χ3v) is 2.23. The molecule has 0 radical (unpaired) electrons. The average Bonchev–Trinajstić information content (AvgIpc) is 2.78. The number of aromatic carboxylic acids is 1. The van der Waals surface area contributed by atoms with Crippen molar-refractivity contribution in [2.45, 2.75) is 6.92 Å². The molecule has 0 bridgehead atoms. The first-order chi connectivity index (χ1) is 8.56. The van der Waals surface area contributed by atoms with Crippen molar-refractivity contribution >= 4 is 17.7 Å². The molecule has 0 fully saturated rings. The number of furan rings is 1. The summed E-state index contributed by atoms with van der Waals surface area (Å²) in [6, 6.07) is 4.65. The summed E-state index contributed by atoms with van der Waals surface area (Å²) in [4.78, 5) is 26.3. The molecule has 2 aromatic heterocycles. The smallest absolute Gasteiger partial charge is 0.338 e. The van der Waals surface area contributed by atoms with E-state index in [9.17, 15) is 9.59 Å². The first-order valence-corrected chi connectivity index (χ1v) is 5.12. The summed E-state index contributed by atoms with van der Waals surface area (Å²) in [5.74, 6) is -1.38. The number of rotatable bonds is 3. The zero-order valence-electron chi connectivity index (χ0n) is 9.51. The van der Waals surface area contributed by atoms with Gasteiger partial charge in [0.1, 0.15) is 12.1 Å². The van der Waals surface area contributed by atoms with Gasteiger partial charge < -0.3 is 14.8 Å². The second-order valence-electron chi connectivity index (χ2n) is 3.68. The van der Waals surface area contributed by atoms with Crippen LogP contribution in [0, 0.1) is 6.92 Å². The number of carboxylic acids is 1. The highest BCUT2D eigenvalue weighted by Gasteiger charge is 2.15. The predicted octanol–water partition coefficient (Wildman–Crippen LogP) is 1.93. The molecule has 0 atom stereocenters. The Morgan fingerprint density at radius 2 is 2.17 bits per heavy atom. The molecule has 0 spiro atoms. The van der Waals surface area contributed by atoms with E-state index in [1.165, 1.54) is 0 Å². The van der Waals surface area contributed by atoms with Gasteiger partial charge in [0.05, 0.1) is 5.56 Å². The third-order valence-electron chi connectivity index (χ3n) is 2.23. The molecular formula is C12H10N2O4. The Hall–Kier alpha value is -2.63. The lowest BCUT2D eigenvalue weighted by molar-refractivity contribution is 0.0696. The largest absolute Gasteiger partial charge is 0.478 e. The molecule has 92 valence electrons. The van der Waals surface area contributed by atoms with Crippen LogP contribution in [0.1, 0.15) is 26.5 Å². The van der Waals surface area contributed by atoms with Gasteiger partial charge in [-0.05, 0) is 24.6 Å². The highest BCUT2D eigenvalue weighted by atomic mass is 16.4. The molecule has 2 N–H and O–H groups in total. The van der Waals surface area contributed by atoms with Crippen molar-refractivity contribution in [1.29, 1.82) is 0 Å². The topological polar surface area (TPSA) is 92.4 Å². The normalized spacial score (nSPS) is 10.1. The van der Waals surface area contributed by atoms with E-state index in [1.54, 1.807) is 18.3 Å². The lowest BCUT2D eigenvalue weighted by Gasteiger charge is -2.02. The maximum Gasteiger partial charge on any atom is 0.338 e. The summed E-state index contributed by atoms with van der Waals surface area (Å²) in [6.45, 7) is 1.87. The van der Waals surface area contributed by atoms with Crippen LogP contribution in [0.25, 0.3) is 0 Å². The molecule has 6 heteroatoms. The number of amides is 1. The minimum atomic E-state index is -1.15. The van der Waals surface area contributed by atoms with E-state index in [4.69, 9.17) is 9.52 Å². The van der Waals surface area contributed by atoms with Crippen molar-refractivity contribution in [1.82, 2.24) is 4.98 Å². The maximum absolute atomic E-state index is 11.7. The van der Waals surface area contributed by atoms with Crippen LogP contribution in [0.2, 0.25) is 0 Å². The van der Waals surface area contributed by atoms with Crippen LogP contribution in [-0.4, -0.2) is 22.0 Å². The highest BCUT2D eigenvalue weighted by molar-refractivity contribution is 6.03. The fraction of sp³-hybridized carbons (Fsp3) is 0.0833. The number of carbonyl (C=O) groups excluding carboxylic acids is 1. The summed E-state index contributed by atoms with van der Waals surface area (Å²) in [6.07, 6.45) is 2.58. The number of carboxylic acid groups (broad SMARTS) is 1. The third kappa shape index (κ3) is 2.54. The number of hydrogen-bond donors (Lipinski definition) is 2. The molecule has 6 nitrogen and oxygen atoms in total. The maximum atomic E-state index is 11.7. The molecule has 0 aliphatic carbocycles. The monoisotopic (exact) mass is 246 g/mol. The standard InChI is InChI=1S/C12H10N2O4/c1-7-2-3-13-10(4-7)14-11(15)9-5-8(6-18-9)12(16)17/h2-6H,1H3,(H,16,17)(H,13,14,15). The van der Waals surface area contributed by atoms with Gasteiger partial charge in [-0.3, -0.25) is 4.79 Å². The average molecular weight is 246 g/mol. The van der Waals surface area contributed by atoms with Crippen molar-refractivity contribution in [3.63, 3.8) is 0 Å². The van der Waals surface area contributed by atoms with Crippen molar-refractivity contribution in [2.75, 3.05) is 5.32 Å². The van der Waals surface area contributed by atoms with E-state index in [2.05, 4.69) is 10.3 Å². The lowest BCUT2D eigenvalue weighted by Crippen LogP contribution is -2.12. The summed E-state index contributed by atoms with van der Waals surface area (Å²) < 4.78 is 4.87. The zero-order chi connectivity index (χ0) is 13.1. The van der Waals surface area contributed by atoms with Crippen LogP contribution >= 0.6 is 0 Å². The Morgan fingerprint density at radius 1 is 1.39 bits per heavy atom. The van der Waals surface area contributed by atoms with E-state index in [-0.39, 0.29) is 11.3 Å². The molecule has 18 heavy (non-hydrogen) atoms.